The predicted octanol–water partition coefficient (Wildman–Crippen LogP) is 17.7. The summed E-state index contributed by atoms with van der Waals surface area (Å²) in [6.45, 7) is 11.4. The lowest BCUT2D eigenvalue weighted by Crippen LogP contribution is -2.30. The van der Waals surface area contributed by atoms with E-state index in [1.165, 1.54) is 193 Å². The zero-order valence-corrected chi connectivity index (χ0v) is 41.8. The standard InChI is InChI=1S/C55H106O6/c1-6-8-9-10-11-12-13-14-15-16-17-18-19-20-21-24-30-35-40-45-53(56)59-48-52(61-55(58)47-42-37-32-27-26-29-34-39-44-51(5)7-2)49-60-54(57)46-41-36-31-25-22-23-28-33-38-43-50(3)4/h50-52H,6-49H2,1-5H3/t51?,52-/m0/s1. The Morgan fingerprint density at radius 3 is 0.934 bits per heavy atom. The average molecular weight is 863 g/mol. The highest BCUT2D eigenvalue weighted by atomic mass is 16.6. The van der Waals surface area contributed by atoms with Crippen LogP contribution in [0.4, 0.5) is 0 Å². The van der Waals surface area contributed by atoms with Gasteiger partial charge in [-0.3, -0.25) is 14.4 Å². The lowest BCUT2D eigenvalue weighted by Gasteiger charge is -2.18. The van der Waals surface area contributed by atoms with Crippen molar-refractivity contribution in [2.45, 2.75) is 310 Å². The van der Waals surface area contributed by atoms with E-state index in [0.717, 1.165) is 69.6 Å². The summed E-state index contributed by atoms with van der Waals surface area (Å²) in [4.78, 5) is 38.0. The van der Waals surface area contributed by atoms with Gasteiger partial charge in [-0.2, -0.15) is 0 Å². The quantitative estimate of drug-likeness (QED) is 0.0344. The molecule has 6 heteroatoms. The van der Waals surface area contributed by atoms with Gasteiger partial charge in [0.15, 0.2) is 6.10 Å². The summed E-state index contributed by atoms with van der Waals surface area (Å²) < 4.78 is 16.8. The van der Waals surface area contributed by atoms with Crippen LogP contribution in [0.2, 0.25) is 0 Å². The molecule has 0 aromatic heterocycles. The van der Waals surface area contributed by atoms with Crippen LogP contribution < -0.4 is 0 Å². The van der Waals surface area contributed by atoms with Crippen molar-refractivity contribution in [2.24, 2.45) is 11.8 Å². The lowest BCUT2D eigenvalue weighted by atomic mass is 9.99. The molecule has 0 saturated heterocycles. The maximum atomic E-state index is 12.8. The first-order valence-corrected chi connectivity index (χ1v) is 27.3. The third kappa shape index (κ3) is 47.7. The van der Waals surface area contributed by atoms with Crippen LogP contribution in [0, 0.1) is 11.8 Å². The van der Waals surface area contributed by atoms with Gasteiger partial charge in [-0.25, -0.2) is 0 Å². The molecule has 0 aliphatic rings. The molecular formula is C55H106O6. The molecule has 0 amide bonds. The predicted molar refractivity (Wildman–Crippen MR) is 261 cm³/mol. The number of rotatable bonds is 49. The van der Waals surface area contributed by atoms with Crippen LogP contribution >= 0.6 is 0 Å². The molecule has 0 aromatic rings. The fourth-order valence-electron chi connectivity index (χ4n) is 8.31. The zero-order valence-electron chi connectivity index (χ0n) is 41.8. The van der Waals surface area contributed by atoms with Gasteiger partial charge in [-0.1, -0.05) is 266 Å². The topological polar surface area (TPSA) is 78.9 Å². The van der Waals surface area contributed by atoms with E-state index in [4.69, 9.17) is 14.2 Å². The molecule has 0 saturated carbocycles. The van der Waals surface area contributed by atoms with Gasteiger partial charge >= 0.3 is 17.9 Å². The van der Waals surface area contributed by atoms with Gasteiger partial charge in [0.05, 0.1) is 0 Å². The molecule has 2 atom stereocenters. The summed E-state index contributed by atoms with van der Waals surface area (Å²) in [7, 11) is 0. The average Bonchev–Trinajstić information content (AvgIpc) is 3.24. The Bertz CT molecular complexity index is 933. The van der Waals surface area contributed by atoms with Crippen LogP contribution in [0.25, 0.3) is 0 Å². The summed E-state index contributed by atoms with van der Waals surface area (Å²) in [5.74, 6) is 0.805. The molecule has 0 fully saturated rings. The third-order valence-corrected chi connectivity index (χ3v) is 12.8. The van der Waals surface area contributed by atoms with Crippen LogP contribution in [0.3, 0.4) is 0 Å². The Kier molecular flexibility index (Phi) is 46.6. The summed E-state index contributed by atoms with van der Waals surface area (Å²) in [6, 6.07) is 0. The minimum atomic E-state index is -0.763. The second-order valence-electron chi connectivity index (χ2n) is 19.6. The number of carbonyl (C=O) groups is 3. The lowest BCUT2D eigenvalue weighted by molar-refractivity contribution is -0.167. The van der Waals surface area contributed by atoms with Crippen molar-refractivity contribution >= 4 is 17.9 Å². The van der Waals surface area contributed by atoms with Crippen LogP contribution in [0.15, 0.2) is 0 Å². The van der Waals surface area contributed by atoms with Gasteiger partial charge < -0.3 is 14.2 Å². The fourth-order valence-corrected chi connectivity index (χ4v) is 8.31. The van der Waals surface area contributed by atoms with Crippen LogP contribution in [-0.2, 0) is 28.6 Å². The number of carbonyl (C=O) groups excluding carboxylic acids is 3. The van der Waals surface area contributed by atoms with Crippen molar-refractivity contribution in [1.29, 1.82) is 0 Å². The smallest absolute Gasteiger partial charge is 0.306 e. The maximum absolute atomic E-state index is 12.8. The van der Waals surface area contributed by atoms with Gasteiger partial charge in [0.1, 0.15) is 13.2 Å². The SMILES string of the molecule is CCCCCCCCCCCCCCCCCCCCCC(=O)OC[C@@H](COC(=O)CCCCCCCCCCCC(C)C)OC(=O)CCCCCCCCCCC(C)CC. The summed E-state index contributed by atoms with van der Waals surface area (Å²) in [6.07, 6.45) is 49.5. The first kappa shape index (κ1) is 59.4. The first-order chi connectivity index (χ1) is 29.8. The largest absolute Gasteiger partial charge is 0.462 e. The van der Waals surface area contributed by atoms with Crippen molar-refractivity contribution in [3.63, 3.8) is 0 Å². The van der Waals surface area contributed by atoms with Gasteiger partial charge in [-0.15, -0.1) is 0 Å². The molecule has 362 valence electrons. The molecule has 0 aliphatic heterocycles. The fraction of sp³-hybridized carbons (Fsp3) is 0.945. The molecule has 0 radical (unpaired) electrons. The van der Waals surface area contributed by atoms with E-state index in [1.54, 1.807) is 0 Å². The van der Waals surface area contributed by atoms with Gasteiger partial charge in [0, 0.05) is 19.3 Å². The minimum absolute atomic E-state index is 0.0640. The van der Waals surface area contributed by atoms with E-state index in [0.29, 0.717) is 19.3 Å². The Morgan fingerprint density at radius 2 is 0.623 bits per heavy atom. The molecule has 0 spiro atoms. The summed E-state index contributed by atoms with van der Waals surface area (Å²) in [5, 5.41) is 0. The minimum Gasteiger partial charge on any atom is -0.462 e. The number of hydrogen-bond donors (Lipinski definition) is 0. The highest BCUT2D eigenvalue weighted by Gasteiger charge is 2.19. The van der Waals surface area contributed by atoms with Crippen LogP contribution in [0.5, 0.6) is 0 Å². The Hall–Kier alpha value is -1.59. The van der Waals surface area contributed by atoms with Crippen molar-refractivity contribution in [3.05, 3.63) is 0 Å². The van der Waals surface area contributed by atoms with Crippen molar-refractivity contribution in [1.82, 2.24) is 0 Å². The van der Waals surface area contributed by atoms with Crippen LogP contribution in [-0.4, -0.2) is 37.2 Å². The molecular weight excluding hydrogens is 757 g/mol. The van der Waals surface area contributed by atoms with E-state index in [-0.39, 0.29) is 31.1 Å². The Labute approximate surface area is 380 Å². The van der Waals surface area contributed by atoms with E-state index in [1.807, 2.05) is 0 Å². The monoisotopic (exact) mass is 863 g/mol. The van der Waals surface area contributed by atoms with E-state index >= 15 is 0 Å². The molecule has 6 nitrogen and oxygen atoms in total. The molecule has 0 N–H and O–H groups in total. The summed E-state index contributed by atoms with van der Waals surface area (Å²) in [5.41, 5.74) is 0. The highest BCUT2D eigenvalue weighted by molar-refractivity contribution is 5.71. The number of unbranched alkanes of at least 4 members (excludes halogenated alkanes) is 33. The molecule has 0 rings (SSSR count). The molecule has 61 heavy (non-hydrogen) atoms. The number of hydrogen-bond acceptors (Lipinski definition) is 6. The second-order valence-corrected chi connectivity index (χ2v) is 19.6. The molecule has 1 unspecified atom stereocenters. The van der Waals surface area contributed by atoms with E-state index in [2.05, 4.69) is 34.6 Å². The second kappa shape index (κ2) is 47.9. The van der Waals surface area contributed by atoms with Gasteiger partial charge in [0.2, 0.25) is 0 Å². The first-order valence-electron chi connectivity index (χ1n) is 27.3. The van der Waals surface area contributed by atoms with Crippen LogP contribution in [0.1, 0.15) is 304 Å². The Morgan fingerprint density at radius 1 is 0.344 bits per heavy atom. The summed E-state index contributed by atoms with van der Waals surface area (Å²) >= 11 is 0. The Balaban J connectivity index is 4.26. The molecule has 0 aromatic carbocycles. The van der Waals surface area contributed by atoms with Crippen molar-refractivity contribution < 1.29 is 28.6 Å². The third-order valence-electron chi connectivity index (χ3n) is 12.8. The zero-order chi connectivity index (χ0) is 44.7. The number of esters is 3. The molecule has 0 bridgehead atoms. The van der Waals surface area contributed by atoms with Gasteiger partial charge in [0.25, 0.3) is 0 Å². The molecule has 0 aliphatic carbocycles. The van der Waals surface area contributed by atoms with Gasteiger partial charge in [-0.05, 0) is 31.1 Å². The highest BCUT2D eigenvalue weighted by Crippen LogP contribution is 2.18. The maximum Gasteiger partial charge on any atom is 0.306 e. The van der Waals surface area contributed by atoms with Crippen molar-refractivity contribution in [3.8, 4) is 0 Å². The van der Waals surface area contributed by atoms with E-state index < -0.39 is 6.10 Å². The van der Waals surface area contributed by atoms with Crippen molar-refractivity contribution in [2.75, 3.05) is 13.2 Å². The normalized spacial score (nSPS) is 12.5. The number of ether oxygens (including phenoxy) is 3. The van der Waals surface area contributed by atoms with E-state index in [9.17, 15) is 14.4 Å². The molecule has 0 heterocycles.